The number of halogens is 1. The van der Waals surface area contributed by atoms with Crippen LogP contribution < -0.4 is 5.32 Å². The van der Waals surface area contributed by atoms with Crippen LogP contribution in [0.4, 0.5) is 4.39 Å². The minimum absolute atomic E-state index is 0.0924. The first-order valence-electron chi connectivity index (χ1n) is 6.55. The van der Waals surface area contributed by atoms with Crippen molar-refractivity contribution in [2.75, 3.05) is 0 Å². The van der Waals surface area contributed by atoms with E-state index in [1.54, 1.807) is 0 Å². The molecule has 0 aromatic heterocycles. The molecule has 0 saturated carbocycles. The highest BCUT2D eigenvalue weighted by atomic mass is 19.1. The van der Waals surface area contributed by atoms with Gasteiger partial charge in [-0.3, -0.25) is 4.79 Å². The summed E-state index contributed by atoms with van der Waals surface area (Å²) in [6, 6.07) is 3.99. The molecule has 1 aliphatic rings. The summed E-state index contributed by atoms with van der Waals surface area (Å²) in [5, 5.41) is 2.75. The molecule has 2 rings (SSSR count). The maximum absolute atomic E-state index is 13.2. The van der Waals surface area contributed by atoms with Gasteiger partial charge in [0.25, 0.3) is 5.91 Å². The van der Waals surface area contributed by atoms with E-state index in [1.807, 2.05) is 32.9 Å². The lowest BCUT2D eigenvalue weighted by molar-refractivity contribution is 0.0967. The van der Waals surface area contributed by atoms with Gasteiger partial charge >= 0.3 is 0 Å². The van der Waals surface area contributed by atoms with E-state index in [0.717, 1.165) is 12.1 Å². The zero-order chi connectivity index (χ0) is 15.1. The highest BCUT2D eigenvalue weighted by Crippen LogP contribution is 2.15. The molecule has 3 heteroatoms. The second-order valence-electron chi connectivity index (χ2n) is 4.15. The molecule has 0 bridgehead atoms. The summed E-state index contributed by atoms with van der Waals surface area (Å²) in [6.07, 6.45) is 9.84. The fourth-order valence-electron chi connectivity index (χ4n) is 1.72. The standard InChI is InChI=1S/C15H12FNO.C2H6/c1-3-11-9-12(5-7-14(11)16)15(18)17-13-6-4-10(2)8-13;1-2/h1,5-9H,4H2,2H3,(H,17,18);1-2H3. The maximum Gasteiger partial charge on any atom is 0.255 e. The smallest absolute Gasteiger partial charge is 0.255 e. The number of rotatable bonds is 2. The van der Waals surface area contributed by atoms with Crippen molar-refractivity contribution in [2.24, 2.45) is 0 Å². The first-order chi connectivity index (χ1) is 9.60. The van der Waals surface area contributed by atoms with Crippen LogP contribution in [0.5, 0.6) is 0 Å². The van der Waals surface area contributed by atoms with E-state index >= 15 is 0 Å². The number of hydrogen-bond donors (Lipinski definition) is 1. The summed E-state index contributed by atoms with van der Waals surface area (Å²) in [7, 11) is 0. The lowest BCUT2D eigenvalue weighted by Crippen LogP contribution is -2.21. The normalized spacial score (nSPS) is 12.6. The van der Waals surface area contributed by atoms with E-state index in [1.165, 1.54) is 23.8 Å². The van der Waals surface area contributed by atoms with E-state index in [0.29, 0.717) is 5.56 Å². The van der Waals surface area contributed by atoms with Crippen LogP contribution in [0.15, 0.2) is 41.6 Å². The van der Waals surface area contributed by atoms with Gasteiger partial charge in [-0.15, -0.1) is 6.42 Å². The van der Waals surface area contributed by atoms with E-state index in [-0.39, 0.29) is 11.5 Å². The van der Waals surface area contributed by atoms with Gasteiger partial charge in [-0.05, 0) is 37.6 Å². The molecule has 0 spiro atoms. The van der Waals surface area contributed by atoms with E-state index in [9.17, 15) is 9.18 Å². The molecule has 0 atom stereocenters. The van der Waals surface area contributed by atoms with Gasteiger partial charge in [-0.25, -0.2) is 4.39 Å². The number of allylic oxidation sites excluding steroid dienone is 3. The molecular formula is C17H18FNO. The van der Waals surface area contributed by atoms with Crippen molar-refractivity contribution in [3.63, 3.8) is 0 Å². The number of nitrogens with one attached hydrogen (secondary N) is 1. The third-order valence-electron chi connectivity index (χ3n) is 2.69. The Hall–Kier alpha value is -2.34. The third-order valence-corrected chi connectivity index (χ3v) is 2.69. The summed E-state index contributed by atoms with van der Waals surface area (Å²) in [4.78, 5) is 11.9. The Kier molecular flexibility index (Phi) is 5.74. The van der Waals surface area contributed by atoms with Gasteiger partial charge in [0.15, 0.2) is 0 Å². The summed E-state index contributed by atoms with van der Waals surface area (Å²) in [6.45, 7) is 5.99. The highest BCUT2D eigenvalue weighted by Gasteiger charge is 2.11. The average Bonchev–Trinajstić information content (AvgIpc) is 2.86. The minimum atomic E-state index is -0.495. The number of carbonyl (C=O) groups excluding carboxylic acids is 1. The van der Waals surface area contributed by atoms with Gasteiger partial charge in [0.1, 0.15) is 5.82 Å². The molecule has 0 unspecified atom stereocenters. The van der Waals surface area contributed by atoms with Crippen molar-refractivity contribution in [1.29, 1.82) is 0 Å². The second kappa shape index (κ2) is 7.30. The Bertz CT molecular complexity index is 606. The van der Waals surface area contributed by atoms with Crippen molar-refractivity contribution >= 4 is 5.91 Å². The predicted molar refractivity (Wildman–Crippen MR) is 79.6 cm³/mol. The molecule has 1 N–H and O–H groups in total. The van der Waals surface area contributed by atoms with Gasteiger partial charge < -0.3 is 5.32 Å². The molecule has 20 heavy (non-hydrogen) atoms. The Morgan fingerprint density at radius 3 is 2.65 bits per heavy atom. The largest absolute Gasteiger partial charge is 0.322 e. The maximum atomic E-state index is 13.2. The lowest BCUT2D eigenvalue weighted by atomic mass is 10.1. The van der Waals surface area contributed by atoms with Gasteiger partial charge in [0, 0.05) is 11.3 Å². The topological polar surface area (TPSA) is 29.1 Å². The lowest BCUT2D eigenvalue weighted by Gasteiger charge is -2.05. The number of hydrogen-bond acceptors (Lipinski definition) is 1. The zero-order valence-electron chi connectivity index (χ0n) is 12.0. The van der Waals surface area contributed by atoms with E-state index in [4.69, 9.17) is 6.42 Å². The summed E-state index contributed by atoms with van der Waals surface area (Å²) < 4.78 is 13.2. The zero-order valence-corrected chi connectivity index (χ0v) is 12.0. The molecule has 0 radical (unpaired) electrons. The Morgan fingerprint density at radius 1 is 1.40 bits per heavy atom. The quantitative estimate of drug-likeness (QED) is 0.814. The Morgan fingerprint density at radius 2 is 2.10 bits per heavy atom. The summed E-state index contributed by atoms with van der Waals surface area (Å²) in [5.41, 5.74) is 2.40. The molecule has 1 aromatic rings. The van der Waals surface area contributed by atoms with Gasteiger partial charge in [-0.2, -0.15) is 0 Å². The molecule has 1 aromatic carbocycles. The van der Waals surface area contributed by atoms with Crippen LogP contribution in [0.3, 0.4) is 0 Å². The molecule has 1 amide bonds. The molecule has 0 aliphatic heterocycles. The highest BCUT2D eigenvalue weighted by molar-refractivity contribution is 5.96. The molecule has 0 heterocycles. The van der Waals surface area contributed by atoms with Crippen LogP contribution >= 0.6 is 0 Å². The van der Waals surface area contributed by atoms with Crippen LogP contribution in [0.25, 0.3) is 0 Å². The van der Waals surface area contributed by atoms with Crippen LogP contribution in [-0.2, 0) is 0 Å². The fourth-order valence-corrected chi connectivity index (χ4v) is 1.72. The van der Waals surface area contributed by atoms with Crippen molar-refractivity contribution in [2.45, 2.75) is 27.2 Å². The number of carbonyl (C=O) groups is 1. The predicted octanol–water partition coefficient (Wildman–Crippen LogP) is 3.80. The first-order valence-corrected chi connectivity index (χ1v) is 6.55. The first kappa shape index (κ1) is 15.7. The molecule has 104 valence electrons. The monoisotopic (exact) mass is 271 g/mol. The molecule has 0 saturated heterocycles. The van der Waals surface area contributed by atoms with Gasteiger partial charge in [0.2, 0.25) is 0 Å². The van der Waals surface area contributed by atoms with Crippen molar-refractivity contribution in [3.8, 4) is 12.3 Å². The van der Waals surface area contributed by atoms with Gasteiger partial charge in [0.05, 0.1) is 5.56 Å². The number of amides is 1. The fraction of sp³-hybridized carbons (Fsp3) is 0.235. The third kappa shape index (κ3) is 3.83. The second-order valence-corrected chi connectivity index (χ2v) is 4.15. The minimum Gasteiger partial charge on any atom is -0.322 e. The van der Waals surface area contributed by atoms with Crippen LogP contribution in [0.1, 0.15) is 43.1 Å². The van der Waals surface area contributed by atoms with Crippen LogP contribution in [-0.4, -0.2) is 5.91 Å². The molecule has 2 nitrogen and oxygen atoms in total. The Balaban J connectivity index is 0.000000956. The Labute approximate surface area is 119 Å². The van der Waals surface area contributed by atoms with Gasteiger partial charge in [-0.1, -0.05) is 31.4 Å². The van der Waals surface area contributed by atoms with Crippen molar-refractivity contribution < 1.29 is 9.18 Å². The summed E-state index contributed by atoms with van der Waals surface area (Å²) >= 11 is 0. The van der Waals surface area contributed by atoms with Crippen LogP contribution in [0.2, 0.25) is 0 Å². The number of benzene rings is 1. The van der Waals surface area contributed by atoms with E-state index in [2.05, 4.69) is 11.2 Å². The van der Waals surface area contributed by atoms with Crippen LogP contribution in [0, 0.1) is 18.2 Å². The van der Waals surface area contributed by atoms with Crippen molar-refractivity contribution in [3.05, 3.63) is 58.6 Å². The molecular weight excluding hydrogens is 253 g/mol. The summed E-state index contributed by atoms with van der Waals surface area (Å²) in [5.74, 6) is 1.43. The SMILES string of the molecule is C#Cc1cc(C(=O)NC2=CCC(C)=C2)ccc1F.CC. The molecule has 0 fully saturated rings. The van der Waals surface area contributed by atoms with Crippen molar-refractivity contribution in [1.82, 2.24) is 5.32 Å². The number of terminal acetylenes is 1. The molecule has 1 aliphatic carbocycles. The van der Waals surface area contributed by atoms with E-state index < -0.39 is 5.82 Å². The average molecular weight is 271 g/mol.